The van der Waals surface area contributed by atoms with Crippen molar-refractivity contribution in [1.29, 1.82) is 0 Å². The Labute approximate surface area is 186 Å². The topological polar surface area (TPSA) is 6.48 Å². The fourth-order valence-electron chi connectivity index (χ4n) is 4.39. The molecule has 4 rings (SSSR count). The lowest BCUT2D eigenvalue weighted by molar-refractivity contribution is 0.131. The van der Waals surface area contributed by atoms with E-state index in [1.807, 2.05) is 12.1 Å². The van der Waals surface area contributed by atoms with Crippen molar-refractivity contribution in [2.24, 2.45) is 0 Å². The average Bonchev–Trinajstić information content (AvgIpc) is 2.81. The fourth-order valence-corrected chi connectivity index (χ4v) is 4.51. The third-order valence-corrected chi connectivity index (χ3v) is 6.48. The van der Waals surface area contributed by atoms with Crippen LogP contribution in [0.2, 0.25) is 5.02 Å². The quantitative estimate of drug-likeness (QED) is 0.461. The van der Waals surface area contributed by atoms with E-state index in [-0.39, 0.29) is 0 Å². The number of rotatable bonds is 8. The van der Waals surface area contributed by atoms with Gasteiger partial charge in [-0.25, -0.2) is 0 Å². The predicted molar refractivity (Wildman–Crippen MR) is 127 cm³/mol. The monoisotopic (exact) mass is 418 g/mol. The van der Waals surface area contributed by atoms with Crippen LogP contribution in [0.1, 0.15) is 29.0 Å². The summed E-state index contributed by atoms with van der Waals surface area (Å²) in [5.41, 5.74) is 4.18. The van der Waals surface area contributed by atoms with Gasteiger partial charge < -0.3 is 9.80 Å². The molecule has 156 valence electrons. The van der Waals surface area contributed by atoms with Gasteiger partial charge in [-0.2, -0.15) is 0 Å². The second-order valence-electron chi connectivity index (χ2n) is 8.22. The maximum atomic E-state index is 6.13. The van der Waals surface area contributed by atoms with Gasteiger partial charge in [0.25, 0.3) is 0 Å². The zero-order valence-electron chi connectivity index (χ0n) is 17.6. The van der Waals surface area contributed by atoms with E-state index in [1.54, 1.807) is 0 Å². The van der Waals surface area contributed by atoms with Crippen LogP contribution < -0.4 is 0 Å². The molecule has 1 aliphatic heterocycles. The molecule has 0 amide bonds. The first-order valence-corrected chi connectivity index (χ1v) is 11.4. The largest absolute Gasteiger partial charge is 0.301 e. The third-order valence-electron chi connectivity index (χ3n) is 6.23. The molecule has 1 unspecified atom stereocenters. The van der Waals surface area contributed by atoms with Crippen LogP contribution in [0.15, 0.2) is 84.9 Å². The molecule has 0 aliphatic carbocycles. The highest BCUT2D eigenvalue weighted by atomic mass is 35.5. The highest BCUT2D eigenvalue weighted by molar-refractivity contribution is 6.30. The molecule has 1 fully saturated rings. The van der Waals surface area contributed by atoms with Crippen molar-refractivity contribution in [3.8, 4) is 0 Å². The van der Waals surface area contributed by atoms with Crippen molar-refractivity contribution in [2.45, 2.75) is 18.8 Å². The highest BCUT2D eigenvalue weighted by Gasteiger charge is 2.20. The Hall–Kier alpha value is -2.13. The van der Waals surface area contributed by atoms with E-state index < -0.39 is 0 Å². The first kappa shape index (κ1) is 21.1. The van der Waals surface area contributed by atoms with Gasteiger partial charge in [-0.1, -0.05) is 84.4 Å². The minimum Gasteiger partial charge on any atom is -0.301 e. The van der Waals surface area contributed by atoms with Gasteiger partial charge >= 0.3 is 0 Å². The first-order valence-electron chi connectivity index (χ1n) is 11.1. The normalized spacial score (nSPS) is 16.4. The van der Waals surface area contributed by atoms with Gasteiger partial charge in [0, 0.05) is 43.7 Å². The number of hydrogen-bond acceptors (Lipinski definition) is 2. The summed E-state index contributed by atoms with van der Waals surface area (Å²) in [6, 6.07) is 30.1. The Balaban J connectivity index is 1.29. The fraction of sp³-hybridized carbons (Fsp3) is 0.333. The number of nitrogens with zero attached hydrogens (tertiary/aromatic N) is 2. The summed E-state index contributed by atoms with van der Waals surface area (Å²) >= 11 is 6.13. The molecule has 0 bridgehead atoms. The maximum absolute atomic E-state index is 6.13. The molecule has 0 radical (unpaired) electrons. The summed E-state index contributed by atoms with van der Waals surface area (Å²) in [6.07, 6.45) is 2.28. The average molecular weight is 419 g/mol. The maximum Gasteiger partial charge on any atom is 0.0406 e. The molecule has 2 nitrogen and oxygen atoms in total. The van der Waals surface area contributed by atoms with Crippen molar-refractivity contribution in [3.05, 3.63) is 107 Å². The Morgan fingerprint density at radius 2 is 1.17 bits per heavy atom. The van der Waals surface area contributed by atoms with Gasteiger partial charge in [0.2, 0.25) is 0 Å². The molecule has 3 aromatic rings. The van der Waals surface area contributed by atoms with Crippen molar-refractivity contribution in [2.75, 3.05) is 39.3 Å². The predicted octanol–water partition coefficient (Wildman–Crippen LogP) is 5.72. The molecule has 1 atom stereocenters. The van der Waals surface area contributed by atoms with Crippen LogP contribution in [0.25, 0.3) is 0 Å². The van der Waals surface area contributed by atoms with Crippen LogP contribution in [-0.2, 0) is 6.42 Å². The third kappa shape index (κ3) is 5.95. The van der Waals surface area contributed by atoms with Crippen molar-refractivity contribution in [3.63, 3.8) is 0 Å². The van der Waals surface area contributed by atoms with E-state index in [0.717, 1.165) is 44.0 Å². The molecule has 3 heteroatoms. The van der Waals surface area contributed by atoms with E-state index in [2.05, 4.69) is 82.6 Å². The van der Waals surface area contributed by atoms with Gasteiger partial charge in [0.1, 0.15) is 0 Å². The standard InChI is InChI=1S/C27H31ClN2/c28-26-13-11-25(12-14-26)27(24-9-5-2-6-10-24)16-18-30-21-19-29(20-22-30)17-15-23-7-3-1-4-8-23/h1-14,27H,15-22H2. The summed E-state index contributed by atoms with van der Waals surface area (Å²) in [7, 11) is 0. The lowest BCUT2D eigenvalue weighted by atomic mass is 9.88. The number of benzene rings is 3. The van der Waals surface area contributed by atoms with Crippen molar-refractivity contribution >= 4 is 11.6 Å². The molecule has 1 heterocycles. The first-order chi connectivity index (χ1) is 14.8. The summed E-state index contributed by atoms with van der Waals surface area (Å²) in [5, 5.41) is 0.803. The van der Waals surface area contributed by atoms with Gasteiger partial charge in [0.05, 0.1) is 0 Å². The SMILES string of the molecule is Clc1ccc(C(CCN2CCN(CCc3ccccc3)CC2)c2ccccc2)cc1. The molecule has 0 aromatic heterocycles. The molecule has 1 aliphatic rings. The number of halogens is 1. The highest BCUT2D eigenvalue weighted by Crippen LogP contribution is 2.29. The zero-order valence-corrected chi connectivity index (χ0v) is 18.3. The molecular weight excluding hydrogens is 388 g/mol. The molecule has 3 aromatic carbocycles. The van der Waals surface area contributed by atoms with E-state index in [4.69, 9.17) is 11.6 Å². The van der Waals surface area contributed by atoms with Crippen LogP contribution >= 0.6 is 11.6 Å². The van der Waals surface area contributed by atoms with Crippen LogP contribution in [0.3, 0.4) is 0 Å². The Bertz CT molecular complexity index is 872. The van der Waals surface area contributed by atoms with Gasteiger partial charge in [-0.05, 0) is 48.2 Å². The van der Waals surface area contributed by atoms with Crippen LogP contribution in [0.4, 0.5) is 0 Å². The Kier molecular flexibility index (Phi) is 7.58. The minimum atomic E-state index is 0.416. The summed E-state index contributed by atoms with van der Waals surface area (Å²) in [4.78, 5) is 5.24. The van der Waals surface area contributed by atoms with E-state index in [1.165, 1.54) is 29.8 Å². The lowest BCUT2D eigenvalue weighted by Crippen LogP contribution is -2.47. The summed E-state index contributed by atoms with van der Waals surface area (Å²) in [5.74, 6) is 0.416. The molecule has 30 heavy (non-hydrogen) atoms. The molecule has 0 spiro atoms. The van der Waals surface area contributed by atoms with Gasteiger partial charge in [-0.15, -0.1) is 0 Å². The second-order valence-corrected chi connectivity index (χ2v) is 8.66. The van der Waals surface area contributed by atoms with Crippen LogP contribution in [-0.4, -0.2) is 49.1 Å². The van der Waals surface area contributed by atoms with E-state index in [9.17, 15) is 0 Å². The molecule has 1 saturated heterocycles. The summed E-state index contributed by atoms with van der Waals surface area (Å²) in [6.45, 7) is 6.96. The number of piperazine rings is 1. The van der Waals surface area contributed by atoms with Crippen LogP contribution in [0.5, 0.6) is 0 Å². The van der Waals surface area contributed by atoms with Crippen LogP contribution in [0, 0.1) is 0 Å². The van der Waals surface area contributed by atoms with Crippen molar-refractivity contribution in [1.82, 2.24) is 9.80 Å². The molecular formula is C27H31ClN2. The van der Waals surface area contributed by atoms with Gasteiger partial charge in [-0.3, -0.25) is 0 Å². The Morgan fingerprint density at radius 3 is 1.80 bits per heavy atom. The number of hydrogen-bond donors (Lipinski definition) is 0. The minimum absolute atomic E-state index is 0.416. The summed E-state index contributed by atoms with van der Waals surface area (Å²) < 4.78 is 0. The van der Waals surface area contributed by atoms with E-state index in [0.29, 0.717) is 5.92 Å². The smallest absolute Gasteiger partial charge is 0.0406 e. The Morgan fingerprint density at radius 1 is 0.633 bits per heavy atom. The lowest BCUT2D eigenvalue weighted by Gasteiger charge is -2.35. The zero-order chi connectivity index (χ0) is 20.6. The molecule has 0 N–H and O–H groups in total. The van der Waals surface area contributed by atoms with Crippen molar-refractivity contribution < 1.29 is 0 Å². The van der Waals surface area contributed by atoms with Gasteiger partial charge in [0.15, 0.2) is 0 Å². The second kappa shape index (κ2) is 10.8. The van der Waals surface area contributed by atoms with E-state index >= 15 is 0 Å². The molecule has 0 saturated carbocycles.